The highest BCUT2D eigenvalue weighted by molar-refractivity contribution is 6.04. The lowest BCUT2D eigenvalue weighted by atomic mass is 10.1. The van der Waals surface area contributed by atoms with Crippen LogP contribution in [0.3, 0.4) is 0 Å². The quantitative estimate of drug-likeness (QED) is 0.874. The van der Waals surface area contributed by atoms with E-state index in [1.807, 2.05) is 19.0 Å². The Morgan fingerprint density at radius 2 is 1.82 bits per heavy atom. The van der Waals surface area contributed by atoms with Gasteiger partial charge in [0.2, 0.25) is 5.91 Å². The minimum Gasteiger partial charge on any atom is -0.369 e. The first-order valence-electron chi connectivity index (χ1n) is 6.77. The van der Waals surface area contributed by atoms with E-state index in [2.05, 4.69) is 10.3 Å². The van der Waals surface area contributed by atoms with E-state index < -0.39 is 0 Å². The van der Waals surface area contributed by atoms with Gasteiger partial charge in [-0.15, -0.1) is 0 Å². The molecule has 0 spiro atoms. The fourth-order valence-electron chi connectivity index (χ4n) is 1.90. The van der Waals surface area contributed by atoms with Crippen LogP contribution in [0.5, 0.6) is 0 Å². The molecule has 1 aromatic heterocycles. The number of benzene rings is 1. The van der Waals surface area contributed by atoms with Crippen LogP contribution in [0.15, 0.2) is 42.6 Å². The van der Waals surface area contributed by atoms with Crippen LogP contribution in [0.1, 0.15) is 15.9 Å². The van der Waals surface area contributed by atoms with Crippen molar-refractivity contribution < 1.29 is 9.59 Å². The van der Waals surface area contributed by atoms with Crippen LogP contribution in [0, 0.1) is 0 Å². The number of aromatic nitrogens is 1. The number of primary amides is 1. The van der Waals surface area contributed by atoms with E-state index in [1.165, 1.54) is 6.20 Å². The molecule has 0 aliphatic carbocycles. The van der Waals surface area contributed by atoms with Gasteiger partial charge in [0.25, 0.3) is 5.91 Å². The summed E-state index contributed by atoms with van der Waals surface area (Å²) in [6, 6.07) is 10.5. The van der Waals surface area contributed by atoms with Crippen molar-refractivity contribution >= 4 is 23.3 Å². The highest BCUT2D eigenvalue weighted by atomic mass is 16.2. The van der Waals surface area contributed by atoms with E-state index in [0.717, 1.165) is 11.4 Å². The maximum absolute atomic E-state index is 12.1. The van der Waals surface area contributed by atoms with E-state index in [-0.39, 0.29) is 18.2 Å². The van der Waals surface area contributed by atoms with Gasteiger partial charge in [0.1, 0.15) is 5.82 Å². The second-order valence-corrected chi connectivity index (χ2v) is 5.09. The SMILES string of the molecule is CN(C)c1ccc(C(=O)Nc2ccc(CC(N)=O)cc2)cn1. The first-order valence-corrected chi connectivity index (χ1v) is 6.77. The zero-order valence-electron chi connectivity index (χ0n) is 12.5. The third kappa shape index (κ3) is 4.05. The Morgan fingerprint density at radius 1 is 1.14 bits per heavy atom. The number of carbonyl (C=O) groups is 2. The minimum absolute atomic E-state index is 0.185. The number of nitrogens with two attached hydrogens (primary N) is 1. The van der Waals surface area contributed by atoms with Gasteiger partial charge in [0, 0.05) is 26.0 Å². The Balaban J connectivity index is 2.03. The summed E-state index contributed by atoms with van der Waals surface area (Å²) in [4.78, 5) is 29.0. The topological polar surface area (TPSA) is 88.3 Å². The molecule has 0 aliphatic rings. The van der Waals surface area contributed by atoms with Crippen molar-refractivity contribution in [2.75, 3.05) is 24.3 Å². The second-order valence-electron chi connectivity index (χ2n) is 5.09. The molecule has 0 fully saturated rings. The highest BCUT2D eigenvalue weighted by Gasteiger charge is 2.07. The average molecular weight is 298 g/mol. The van der Waals surface area contributed by atoms with Gasteiger partial charge in [0.05, 0.1) is 12.0 Å². The fraction of sp³-hybridized carbons (Fsp3) is 0.188. The van der Waals surface area contributed by atoms with Gasteiger partial charge in [-0.25, -0.2) is 4.98 Å². The lowest BCUT2D eigenvalue weighted by molar-refractivity contribution is -0.117. The monoisotopic (exact) mass is 298 g/mol. The summed E-state index contributed by atoms with van der Waals surface area (Å²) < 4.78 is 0. The lowest BCUT2D eigenvalue weighted by Gasteiger charge is -2.11. The van der Waals surface area contributed by atoms with Crippen molar-refractivity contribution in [2.45, 2.75) is 6.42 Å². The zero-order chi connectivity index (χ0) is 16.1. The molecular weight excluding hydrogens is 280 g/mol. The molecule has 6 heteroatoms. The highest BCUT2D eigenvalue weighted by Crippen LogP contribution is 2.13. The van der Waals surface area contributed by atoms with Crippen molar-refractivity contribution in [1.82, 2.24) is 4.98 Å². The van der Waals surface area contributed by atoms with E-state index in [1.54, 1.807) is 36.4 Å². The smallest absolute Gasteiger partial charge is 0.257 e. The Morgan fingerprint density at radius 3 is 2.32 bits per heavy atom. The van der Waals surface area contributed by atoms with Crippen molar-refractivity contribution in [1.29, 1.82) is 0 Å². The second kappa shape index (κ2) is 6.71. The summed E-state index contributed by atoms with van der Waals surface area (Å²) in [7, 11) is 3.77. The number of nitrogens with zero attached hydrogens (tertiary/aromatic N) is 2. The molecule has 6 nitrogen and oxygen atoms in total. The van der Waals surface area contributed by atoms with Gasteiger partial charge in [-0.2, -0.15) is 0 Å². The molecule has 22 heavy (non-hydrogen) atoms. The van der Waals surface area contributed by atoms with Crippen LogP contribution in [-0.4, -0.2) is 30.9 Å². The molecule has 0 radical (unpaired) electrons. The number of pyridine rings is 1. The van der Waals surface area contributed by atoms with Gasteiger partial charge in [-0.05, 0) is 29.8 Å². The molecule has 1 aromatic carbocycles. The Kier molecular flexibility index (Phi) is 4.73. The Hall–Kier alpha value is -2.89. The van der Waals surface area contributed by atoms with Crippen LogP contribution in [0.2, 0.25) is 0 Å². The summed E-state index contributed by atoms with van der Waals surface area (Å²) in [5.74, 6) is 0.164. The van der Waals surface area contributed by atoms with Gasteiger partial charge >= 0.3 is 0 Å². The van der Waals surface area contributed by atoms with E-state index >= 15 is 0 Å². The molecule has 0 saturated carbocycles. The molecule has 2 amide bonds. The minimum atomic E-state index is -0.385. The van der Waals surface area contributed by atoms with Crippen LogP contribution in [0.25, 0.3) is 0 Å². The van der Waals surface area contributed by atoms with E-state index in [0.29, 0.717) is 11.3 Å². The number of rotatable bonds is 5. The van der Waals surface area contributed by atoms with E-state index in [4.69, 9.17) is 5.73 Å². The molecule has 0 atom stereocenters. The van der Waals surface area contributed by atoms with Crippen molar-refractivity contribution in [3.8, 4) is 0 Å². The largest absolute Gasteiger partial charge is 0.369 e. The third-order valence-electron chi connectivity index (χ3n) is 3.06. The summed E-state index contributed by atoms with van der Waals surface area (Å²) in [6.45, 7) is 0. The number of anilines is 2. The summed E-state index contributed by atoms with van der Waals surface area (Å²) in [5, 5.41) is 2.78. The normalized spacial score (nSPS) is 10.1. The Labute approximate surface area is 129 Å². The molecule has 1 heterocycles. The Bertz CT molecular complexity index is 664. The van der Waals surface area contributed by atoms with Gasteiger partial charge < -0.3 is 16.0 Å². The number of nitrogens with one attached hydrogen (secondary N) is 1. The van der Waals surface area contributed by atoms with Gasteiger partial charge in [-0.1, -0.05) is 12.1 Å². The first-order chi connectivity index (χ1) is 10.5. The lowest BCUT2D eigenvalue weighted by Crippen LogP contribution is -2.15. The number of hydrogen-bond acceptors (Lipinski definition) is 4. The van der Waals surface area contributed by atoms with Crippen molar-refractivity contribution in [3.63, 3.8) is 0 Å². The number of carbonyl (C=O) groups excluding carboxylic acids is 2. The predicted octanol–water partition coefficient (Wildman–Crippen LogP) is 1.43. The molecule has 0 aliphatic heterocycles. The van der Waals surface area contributed by atoms with Gasteiger partial charge in [0.15, 0.2) is 0 Å². The van der Waals surface area contributed by atoms with Crippen LogP contribution in [0.4, 0.5) is 11.5 Å². The number of amides is 2. The summed E-state index contributed by atoms with van der Waals surface area (Å²) in [5.41, 5.74) is 7.07. The van der Waals surface area contributed by atoms with Gasteiger partial charge in [-0.3, -0.25) is 9.59 Å². The number of hydrogen-bond donors (Lipinski definition) is 2. The molecule has 2 aromatic rings. The molecule has 0 unspecified atom stereocenters. The molecule has 3 N–H and O–H groups in total. The van der Waals surface area contributed by atoms with Crippen molar-refractivity contribution in [2.24, 2.45) is 5.73 Å². The fourth-order valence-corrected chi connectivity index (χ4v) is 1.90. The third-order valence-corrected chi connectivity index (χ3v) is 3.06. The standard InChI is InChI=1S/C16H18N4O2/c1-20(2)15-8-5-12(10-18-15)16(22)19-13-6-3-11(4-7-13)9-14(17)21/h3-8,10H,9H2,1-2H3,(H2,17,21)(H,19,22). The van der Waals surface area contributed by atoms with Crippen LogP contribution < -0.4 is 16.0 Å². The van der Waals surface area contributed by atoms with Crippen LogP contribution >= 0.6 is 0 Å². The summed E-state index contributed by atoms with van der Waals surface area (Å²) >= 11 is 0. The predicted molar refractivity (Wildman–Crippen MR) is 85.9 cm³/mol. The molecule has 2 rings (SSSR count). The zero-order valence-corrected chi connectivity index (χ0v) is 12.5. The molecule has 114 valence electrons. The van der Waals surface area contributed by atoms with E-state index in [9.17, 15) is 9.59 Å². The molecule has 0 bridgehead atoms. The van der Waals surface area contributed by atoms with Crippen molar-refractivity contribution in [3.05, 3.63) is 53.7 Å². The molecular formula is C16H18N4O2. The molecule has 0 saturated heterocycles. The average Bonchev–Trinajstić information content (AvgIpc) is 2.49. The summed E-state index contributed by atoms with van der Waals surface area (Å²) in [6.07, 6.45) is 1.72. The first kappa shape index (κ1) is 15.5. The maximum atomic E-state index is 12.1. The maximum Gasteiger partial charge on any atom is 0.257 e. The van der Waals surface area contributed by atoms with Crippen LogP contribution in [-0.2, 0) is 11.2 Å².